The lowest BCUT2D eigenvalue weighted by atomic mass is 9.94. The van der Waals surface area contributed by atoms with Crippen molar-refractivity contribution in [3.8, 4) is 0 Å². The Labute approximate surface area is 254 Å². The molecular formula is C33H41FN4O4S. The number of nitrogens with zero attached hydrogens (tertiary/aromatic N) is 3. The van der Waals surface area contributed by atoms with E-state index in [9.17, 15) is 22.4 Å². The molecule has 43 heavy (non-hydrogen) atoms. The van der Waals surface area contributed by atoms with E-state index in [1.54, 1.807) is 0 Å². The summed E-state index contributed by atoms with van der Waals surface area (Å²) in [5, 5.41) is 3.18. The molecule has 1 saturated carbocycles. The molecule has 0 bridgehead atoms. The van der Waals surface area contributed by atoms with Crippen LogP contribution in [0.1, 0.15) is 48.8 Å². The van der Waals surface area contributed by atoms with Crippen LogP contribution in [0.15, 0.2) is 78.9 Å². The second-order valence-electron chi connectivity index (χ2n) is 11.3. The average Bonchev–Trinajstić information content (AvgIpc) is 3.00. The molecule has 0 aromatic heterocycles. The molecule has 1 aliphatic rings. The van der Waals surface area contributed by atoms with Crippen molar-refractivity contribution >= 4 is 27.7 Å². The minimum Gasteiger partial charge on any atom is -0.352 e. The number of nitrogens with one attached hydrogen (secondary N) is 1. The molecule has 0 spiro atoms. The standard InChI is InChI=1S/C33H41FN4O4S/c1-25-18-20-27(21-19-25)23-37(32(39)24-38(43(41,42)36(2)3)30-17-11-10-16-29(30)34)31(22-26-12-6-4-7-13-26)33(40)35-28-14-8-5-9-15-28/h4,6-7,10-13,16-21,28,31H,5,8-9,14-15,22-24H2,1-3H3,(H,35,40). The van der Waals surface area contributed by atoms with Gasteiger partial charge in [0, 0.05) is 33.1 Å². The highest BCUT2D eigenvalue weighted by Crippen LogP contribution is 2.25. The average molecular weight is 609 g/mol. The zero-order chi connectivity index (χ0) is 31.0. The number of hydrogen-bond acceptors (Lipinski definition) is 4. The van der Waals surface area contributed by atoms with Crippen LogP contribution in [0.5, 0.6) is 0 Å². The van der Waals surface area contributed by atoms with E-state index in [4.69, 9.17) is 0 Å². The van der Waals surface area contributed by atoms with Crippen LogP contribution in [0.25, 0.3) is 0 Å². The Morgan fingerprint density at radius 3 is 2.14 bits per heavy atom. The summed E-state index contributed by atoms with van der Waals surface area (Å²) >= 11 is 0. The molecule has 1 N–H and O–H groups in total. The van der Waals surface area contributed by atoms with Crippen molar-refractivity contribution in [1.29, 1.82) is 0 Å². The maximum Gasteiger partial charge on any atom is 0.304 e. The maximum absolute atomic E-state index is 15.0. The van der Waals surface area contributed by atoms with E-state index in [2.05, 4.69) is 5.32 Å². The Balaban J connectivity index is 1.75. The van der Waals surface area contributed by atoms with Gasteiger partial charge in [0.05, 0.1) is 5.69 Å². The largest absolute Gasteiger partial charge is 0.352 e. The van der Waals surface area contributed by atoms with Crippen LogP contribution in [-0.2, 0) is 32.8 Å². The first kappa shape index (κ1) is 32.2. The predicted molar refractivity (Wildman–Crippen MR) is 167 cm³/mol. The van der Waals surface area contributed by atoms with Gasteiger partial charge in [-0.3, -0.25) is 9.59 Å². The normalized spacial score (nSPS) is 14.7. The SMILES string of the molecule is Cc1ccc(CN(C(=O)CN(c2ccccc2F)S(=O)(=O)N(C)C)C(Cc2ccccc2)C(=O)NC2CCCCC2)cc1. The van der Waals surface area contributed by atoms with Gasteiger partial charge in [-0.15, -0.1) is 0 Å². The van der Waals surface area contributed by atoms with E-state index in [1.807, 2.05) is 61.5 Å². The smallest absolute Gasteiger partial charge is 0.304 e. The molecule has 0 aliphatic heterocycles. The molecular weight excluding hydrogens is 567 g/mol. The lowest BCUT2D eigenvalue weighted by molar-refractivity contribution is -0.140. The van der Waals surface area contributed by atoms with Crippen LogP contribution >= 0.6 is 0 Å². The molecule has 3 aromatic carbocycles. The number of para-hydroxylation sites is 1. The van der Waals surface area contributed by atoms with Crippen LogP contribution in [0.4, 0.5) is 10.1 Å². The van der Waals surface area contributed by atoms with E-state index in [0.717, 1.165) is 63.5 Å². The third-order valence-electron chi connectivity index (χ3n) is 7.84. The Kier molecular flexibility index (Phi) is 10.9. The van der Waals surface area contributed by atoms with Crippen molar-refractivity contribution in [3.05, 3.63) is 101 Å². The molecule has 1 aliphatic carbocycles. The fourth-order valence-electron chi connectivity index (χ4n) is 5.34. The predicted octanol–water partition coefficient (Wildman–Crippen LogP) is 4.84. The number of amides is 2. The Bertz CT molecular complexity index is 1480. The van der Waals surface area contributed by atoms with E-state index in [0.29, 0.717) is 0 Å². The van der Waals surface area contributed by atoms with Gasteiger partial charge in [0.15, 0.2) is 0 Å². The number of benzene rings is 3. The van der Waals surface area contributed by atoms with Crippen LogP contribution in [-0.4, -0.2) is 62.2 Å². The van der Waals surface area contributed by atoms with Gasteiger partial charge in [-0.05, 0) is 43.0 Å². The first-order chi connectivity index (χ1) is 20.6. The second-order valence-corrected chi connectivity index (χ2v) is 13.4. The molecule has 230 valence electrons. The Hall–Kier alpha value is -3.76. The number of carbonyl (C=O) groups excluding carboxylic acids is 2. The highest BCUT2D eigenvalue weighted by atomic mass is 32.2. The third kappa shape index (κ3) is 8.42. The summed E-state index contributed by atoms with van der Waals surface area (Å²) in [5.74, 6) is -1.68. The van der Waals surface area contributed by atoms with E-state index >= 15 is 0 Å². The number of hydrogen-bond donors (Lipinski definition) is 1. The molecule has 1 unspecified atom stereocenters. The topological polar surface area (TPSA) is 90.0 Å². The third-order valence-corrected chi connectivity index (χ3v) is 9.64. The number of carbonyl (C=O) groups is 2. The molecule has 0 saturated heterocycles. The Morgan fingerprint density at radius 1 is 0.884 bits per heavy atom. The van der Waals surface area contributed by atoms with Crippen LogP contribution in [0.2, 0.25) is 0 Å². The van der Waals surface area contributed by atoms with Gasteiger partial charge in [0.1, 0.15) is 18.4 Å². The summed E-state index contributed by atoms with van der Waals surface area (Å²) in [4.78, 5) is 29.8. The van der Waals surface area contributed by atoms with E-state index < -0.39 is 34.5 Å². The minimum absolute atomic E-state index is 0.0138. The fraction of sp³-hybridized carbons (Fsp3) is 0.394. The van der Waals surface area contributed by atoms with Gasteiger partial charge in [-0.2, -0.15) is 12.7 Å². The summed E-state index contributed by atoms with van der Waals surface area (Å²) in [6, 6.07) is 21.6. The highest BCUT2D eigenvalue weighted by molar-refractivity contribution is 7.90. The van der Waals surface area contributed by atoms with Gasteiger partial charge >= 0.3 is 10.2 Å². The molecule has 4 rings (SSSR count). The molecule has 8 nitrogen and oxygen atoms in total. The Morgan fingerprint density at radius 2 is 1.51 bits per heavy atom. The summed E-state index contributed by atoms with van der Waals surface area (Å²) in [5.41, 5.74) is 2.45. The molecule has 10 heteroatoms. The van der Waals surface area contributed by atoms with Crippen LogP contribution in [0.3, 0.4) is 0 Å². The lowest BCUT2D eigenvalue weighted by Gasteiger charge is -2.35. The van der Waals surface area contributed by atoms with E-state index in [1.165, 1.54) is 37.2 Å². The number of aryl methyl sites for hydroxylation is 1. The summed E-state index contributed by atoms with van der Waals surface area (Å²) in [7, 11) is -1.62. The summed E-state index contributed by atoms with van der Waals surface area (Å²) in [6.45, 7) is 1.35. The van der Waals surface area contributed by atoms with Crippen molar-refractivity contribution in [1.82, 2.24) is 14.5 Å². The molecule has 1 atom stereocenters. The maximum atomic E-state index is 15.0. The summed E-state index contributed by atoms with van der Waals surface area (Å²) < 4.78 is 43.6. The van der Waals surface area contributed by atoms with Crippen molar-refractivity contribution < 1.29 is 22.4 Å². The van der Waals surface area contributed by atoms with Crippen molar-refractivity contribution in [2.24, 2.45) is 0 Å². The van der Waals surface area contributed by atoms with Gasteiger partial charge in [0.2, 0.25) is 11.8 Å². The molecule has 3 aromatic rings. The quantitative estimate of drug-likeness (QED) is 0.319. The van der Waals surface area contributed by atoms with Gasteiger partial charge in [0.25, 0.3) is 0 Å². The molecule has 0 radical (unpaired) electrons. The van der Waals surface area contributed by atoms with Gasteiger partial charge in [-0.1, -0.05) is 91.6 Å². The lowest BCUT2D eigenvalue weighted by Crippen LogP contribution is -2.55. The van der Waals surface area contributed by atoms with Crippen LogP contribution < -0.4 is 9.62 Å². The highest BCUT2D eigenvalue weighted by Gasteiger charge is 2.36. The van der Waals surface area contributed by atoms with Gasteiger partial charge < -0.3 is 10.2 Å². The first-order valence-electron chi connectivity index (χ1n) is 14.7. The van der Waals surface area contributed by atoms with E-state index in [-0.39, 0.29) is 30.6 Å². The van der Waals surface area contributed by atoms with Crippen molar-refractivity contribution in [3.63, 3.8) is 0 Å². The molecule has 0 heterocycles. The zero-order valence-corrected chi connectivity index (χ0v) is 25.9. The second kappa shape index (κ2) is 14.6. The van der Waals surface area contributed by atoms with Crippen molar-refractivity contribution in [2.45, 2.75) is 64.1 Å². The van der Waals surface area contributed by atoms with Gasteiger partial charge in [-0.25, -0.2) is 8.70 Å². The molecule has 2 amide bonds. The van der Waals surface area contributed by atoms with Crippen molar-refractivity contribution in [2.75, 3.05) is 24.9 Å². The summed E-state index contributed by atoms with van der Waals surface area (Å²) in [6.07, 6.45) is 5.16. The fourth-order valence-corrected chi connectivity index (χ4v) is 6.41. The minimum atomic E-state index is -4.27. The monoisotopic (exact) mass is 608 g/mol. The van der Waals surface area contributed by atoms with Crippen LogP contribution in [0, 0.1) is 12.7 Å². The first-order valence-corrected chi connectivity index (χ1v) is 16.1. The molecule has 1 fully saturated rings. The number of rotatable bonds is 12. The number of anilines is 1. The zero-order valence-electron chi connectivity index (χ0n) is 25.1. The number of halogens is 1.